The van der Waals surface area contributed by atoms with Crippen molar-refractivity contribution in [2.75, 3.05) is 5.75 Å². The summed E-state index contributed by atoms with van der Waals surface area (Å²) >= 11 is 6.47. The fraction of sp³-hybridized carbons (Fsp3) is 0.227. The van der Waals surface area contributed by atoms with Gasteiger partial charge in [0.25, 0.3) is 0 Å². The van der Waals surface area contributed by atoms with Gasteiger partial charge in [0, 0.05) is 17.4 Å². The molecule has 8 heteroatoms. The quantitative estimate of drug-likeness (QED) is 0.456. The Bertz CT molecular complexity index is 1390. The van der Waals surface area contributed by atoms with Gasteiger partial charge in [-0.15, -0.1) is 0 Å². The predicted octanol–water partition coefficient (Wildman–Crippen LogP) is 3.87. The largest absolute Gasteiger partial charge is 0.294 e. The minimum Gasteiger partial charge on any atom is -0.294 e. The van der Waals surface area contributed by atoms with Crippen molar-refractivity contribution in [3.63, 3.8) is 0 Å². The highest BCUT2D eigenvalue weighted by Gasteiger charge is 2.34. The van der Waals surface area contributed by atoms with E-state index in [1.165, 1.54) is 12.1 Å². The summed E-state index contributed by atoms with van der Waals surface area (Å²) in [6.45, 7) is 0. The van der Waals surface area contributed by atoms with Crippen LogP contribution in [0.1, 0.15) is 35.2 Å². The highest BCUT2D eigenvalue weighted by atomic mass is 35.5. The molecule has 5 rings (SSSR count). The Morgan fingerprint density at radius 1 is 1.07 bits per heavy atom. The number of carbonyl (C=O) groups is 2. The smallest absolute Gasteiger partial charge is 0.199 e. The van der Waals surface area contributed by atoms with Gasteiger partial charge in [-0.05, 0) is 43.0 Å². The molecule has 1 aliphatic carbocycles. The van der Waals surface area contributed by atoms with E-state index in [4.69, 9.17) is 11.6 Å². The Hall–Kier alpha value is -2.77. The van der Waals surface area contributed by atoms with Crippen LogP contribution >= 0.6 is 11.6 Å². The summed E-state index contributed by atoms with van der Waals surface area (Å²) in [5.41, 5.74) is 2.07. The maximum absolute atomic E-state index is 13.5. The zero-order valence-electron chi connectivity index (χ0n) is 15.9. The van der Waals surface area contributed by atoms with Gasteiger partial charge >= 0.3 is 0 Å². The van der Waals surface area contributed by atoms with E-state index < -0.39 is 15.6 Å². The van der Waals surface area contributed by atoms with Crippen molar-refractivity contribution in [3.05, 3.63) is 64.3 Å². The Labute approximate surface area is 178 Å². The van der Waals surface area contributed by atoms with Gasteiger partial charge in [-0.3, -0.25) is 9.59 Å². The number of rotatable bonds is 3. The number of benzene rings is 2. The second kappa shape index (κ2) is 6.89. The zero-order chi connectivity index (χ0) is 21.0. The van der Waals surface area contributed by atoms with Crippen LogP contribution in [0.4, 0.5) is 0 Å². The second-order valence-electron chi connectivity index (χ2n) is 7.52. The molecule has 2 heterocycles. The van der Waals surface area contributed by atoms with Gasteiger partial charge in [-0.1, -0.05) is 29.8 Å². The van der Waals surface area contributed by atoms with Gasteiger partial charge in [0.05, 0.1) is 38.7 Å². The van der Waals surface area contributed by atoms with Crippen molar-refractivity contribution in [1.29, 1.82) is 0 Å². The Morgan fingerprint density at radius 3 is 2.70 bits per heavy atom. The standard InChI is InChI=1S/C22H17ClN2O4S/c23-21-14-10-11-30(28,29)19(14)9-8-15(21)22(27)20-17(6-3-7-18(20)26)25-16-5-2-1-4-13(16)12-24-25/h1-2,4-5,8-9,12H,3,6-7,10-11H2. The zero-order valence-corrected chi connectivity index (χ0v) is 17.5. The van der Waals surface area contributed by atoms with Crippen LogP contribution in [-0.2, 0) is 21.1 Å². The van der Waals surface area contributed by atoms with Gasteiger partial charge in [-0.25, -0.2) is 13.1 Å². The van der Waals surface area contributed by atoms with Crippen molar-refractivity contribution >= 4 is 49.6 Å². The van der Waals surface area contributed by atoms with Crippen LogP contribution in [0.5, 0.6) is 0 Å². The van der Waals surface area contributed by atoms with Gasteiger partial charge < -0.3 is 0 Å². The summed E-state index contributed by atoms with van der Waals surface area (Å²) in [4.78, 5) is 26.5. The molecule has 1 aromatic heterocycles. The molecule has 1 aliphatic heterocycles. The molecule has 0 radical (unpaired) electrons. The number of nitrogens with zero attached hydrogens (tertiary/aromatic N) is 2. The molecule has 6 nitrogen and oxygen atoms in total. The minimum atomic E-state index is -3.37. The summed E-state index contributed by atoms with van der Waals surface area (Å²) in [7, 11) is -3.37. The van der Waals surface area contributed by atoms with Crippen LogP contribution in [0.15, 0.2) is 53.1 Å². The first-order valence-corrected chi connectivity index (χ1v) is 11.7. The molecule has 30 heavy (non-hydrogen) atoms. The first kappa shape index (κ1) is 19.2. The van der Waals surface area contributed by atoms with Crippen LogP contribution < -0.4 is 0 Å². The molecule has 152 valence electrons. The molecule has 0 N–H and O–H groups in total. The molecule has 0 fully saturated rings. The lowest BCUT2D eigenvalue weighted by Gasteiger charge is -2.20. The van der Waals surface area contributed by atoms with Crippen LogP contribution in [0.3, 0.4) is 0 Å². The van der Waals surface area contributed by atoms with Crippen molar-refractivity contribution in [2.24, 2.45) is 0 Å². The van der Waals surface area contributed by atoms with Gasteiger partial charge in [0.2, 0.25) is 0 Å². The van der Waals surface area contributed by atoms with Crippen molar-refractivity contribution < 1.29 is 18.0 Å². The third kappa shape index (κ3) is 2.84. The van der Waals surface area contributed by atoms with Crippen LogP contribution in [-0.4, -0.2) is 35.5 Å². The number of Topliss-reactive ketones (excluding diaryl/α,β-unsaturated/α-hetero) is 2. The first-order valence-electron chi connectivity index (χ1n) is 9.67. The molecule has 0 amide bonds. The predicted molar refractivity (Wildman–Crippen MR) is 113 cm³/mol. The lowest BCUT2D eigenvalue weighted by molar-refractivity contribution is -0.115. The number of halogens is 1. The number of aromatic nitrogens is 2. The molecule has 0 saturated heterocycles. The van der Waals surface area contributed by atoms with E-state index in [0.29, 0.717) is 24.1 Å². The van der Waals surface area contributed by atoms with Gasteiger partial charge in [0.15, 0.2) is 21.4 Å². The monoisotopic (exact) mass is 440 g/mol. The van der Waals surface area contributed by atoms with E-state index in [1.807, 2.05) is 24.3 Å². The summed E-state index contributed by atoms with van der Waals surface area (Å²) in [5.74, 6) is -0.748. The Morgan fingerprint density at radius 2 is 1.87 bits per heavy atom. The fourth-order valence-corrected chi connectivity index (χ4v) is 6.22. The molecule has 2 aliphatic rings. The summed E-state index contributed by atoms with van der Waals surface area (Å²) in [6.07, 6.45) is 3.42. The Kier molecular flexibility index (Phi) is 4.41. The lowest BCUT2D eigenvalue weighted by atomic mass is 9.88. The normalized spacial score (nSPS) is 18.1. The summed E-state index contributed by atoms with van der Waals surface area (Å²) < 4.78 is 26.0. The number of allylic oxidation sites excluding steroid dienone is 2. The molecular weight excluding hydrogens is 424 g/mol. The van der Waals surface area contributed by atoms with Crippen LogP contribution in [0.2, 0.25) is 5.02 Å². The van der Waals surface area contributed by atoms with E-state index in [2.05, 4.69) is 5.10 Å². The SMILES string of the molecule is O=C1CCCC(n2ncc3ccccc32)=C1C(=O)c1ccc2c(c1Cl)CCS2(=O)=O. The maximum Gasteiger partial charge on any atom is 0.199 e. The van der Waals surface area contributed by atoms with Crippen molar-refractivity contribution in [3.8, 4) is 0 Å². The molecular formula is C22H17ClN2O4S. The molecule has 0 unspecified atom stereocenters. The number of fused-ring (bicyclic) bond motifs is 2. The van der Waals surface area contributed by atoms with Crippen molar-refractivity contribution in [2.45, 2.75) is 30.6 Å². The molecule has 0 saturated carbocycles. The van der Waals surface area contributed by atoms with E-state index in [-0.39, 0.29) is 45.4 Å². The van der Waals surface area contributed by atoms with E-state index >= 15 is 0 Å². The first-order chi connectivity index (χ1) is 14.4. The number of carbonyl (C=O) groups excluding carboxylic acids is 2. The molecule has 0 atom stereocenters. The van der Waals surface area contributed by atoms with E-state index in [9.17, 15) is 18.0 Å². The second-order valence-corrected chi connectivity index (χ2v) is 9.97. The number of hydrogen-bond donors (Lipinski definition) is 0. The maximum atomic E-state index is 13.5. The van der Waals surface area contributed by atoms with Crippen molar-refractivity contribution in [1.82, 2.24) is 9.78 Å². The van der Waals surface area contributed by atoms with Gasteiger partial charge in [-0.2, -0.15) is 5.10 Å². The third-order valence-corrected chi connectivity index (χ3v) is 7.97. The van der Waals surface area contributed by atoms with Gasteiger partial charge in [0.1, 0.15) is 0 Å². The van der Waals surface area contributed by atoms with Crippen LogP contribution in [0.25, 0.3) is 16.6 Å². The number of para-hydroxylation sites is 1. The van der Waals surface area contributed by atoms with E-state index in [1.54, 1.807) is 10.9 Å². The molecule has 2 aromatic carbocycles. The molecule has 0 spiro atoms. The summed E-state index contributed by atoms with van der Waals surface area (Å²) in [5, 5.41) is 5.45. The summed E-state index contributed by atoms with van der Waals surface area (Å²) in [6, 6.07) is 10.4. The molecule has 0 bridgehead atoms. The fourth-order valence-electron chi connectivity index (χ4n) is 4.27. The highest BCUT2D eigenvalue weighted by Crippen LogP contribution is 2.37. The number of ketones is 2. The van der Waals surface area contributed by atoms with Crippen LogP contribution in [0, 0.1) is 0 Å². The minimum absolute atomic E-state index is 0.0220. The topological polar surface area (TPSA) is 86.1 Å². The third-order valence-electron chi connectivity index (χ3n) is 5.75. The average molecular weight is 441 g/mol. The number of sulfone groups is 1. The number of hydrogen-bond acceptors (Lipinski definition) is 5. The average Bonchev–Trinajstić information content (AvgIpc) is 3.29. The molecule has 3 aromatic rings. The highest BCUT2D eigenvalue weighted by molar-refractivity contribution is 7.91. The Balaban J connectivity index is 1.69. The van der Waals surface area contributed by atoms with E-state index in [0.717, 1.165) is 10.9 Å². The lowest BCUT2D eigenvalue weighted by Crippen LogP contribution is -2.22.